The standard InChI is InChI=1S/C17H18N4OS/c1-10(2)21-9-12(5-7-15(21)22)16-17(20-14(18)8-19-16)13-6-4-11(3)23-13/h4-10H,1-3H3,(H2,18,20). The predicted octanol–water partition coefficient (Wildman–Crippen LogP) is 3.51. The largest absolute Gasteiger partial charge is 0.382 e. The molecule has 6 heteroatoms. The molecule has 0 aliphatic heterocycles. The van der Waals surface area contributed by atoms with Crippen LogP contribution >= 0.6 is 11.3 Å². The highest BCUT2D eigenvalue weighted by Crippen LogP contribution is 2.33. The average molecular weight is 326 g/mol. The van der Waals surface area contributed by atoms with E-state index in [2.05, 4.69) is 9.97 Å². The van der Waals surface area contributed by atoms with Crippen molar-refractivity contribution in [2.24, 2.45) is 0 Å². The number of hydrogen-bond acceptors (Lipinski definition) is 5. The van der Waals surface area contributed by atoms with Gasteiger partial charge in [-0.2, -0.15) is 0 Å². The highest BCUT2D eigenvalue weighted by atomic mass is 32.1. The van der Waals surface area contributed by atoms with Crippen molar-refractivity contribution < 1.29 is 0 Å². The van der Waals surface area contributed by atoms with Gasteiger partial charge in [0.1, 0.15) is 11.5 Å². The van der Waals surface area contributed by atoms with Crippen LogP contribution in [0.3, 0.4) is 0 Å². The molecule has 118 valence electrons. The molecular formula is C17H18N4OS. The summed E-state index contributed by atoms with van der Waals surface area (Å²) in [4.78, 5) is 23.1. The van der Waals surface area contributed by atoms with Gasteiger partial charge in [-0.05, 0) is 39.0 Å². The monoisotopic (exact) mass is 326 g/mol. The second kappa shape index (κ2) is 5.96. The molecule has 0 amide bonds. The summed E-state index contributed by atoms with van der Waals surface area (Å²) >= 11 is 1.65. The Kier molecular flexibility index (Phi) is 4.00. The topological polar surface area (TPSA) is 73.8 Å². The maximum absolute atomic E-state index is 12.0. The summed E-state index contributed by atoms with van der Waals surface area (Å²) in [5, 5.41) is 0. The Morgan fingerprint density at radius 1 is 1.17 bits per heavy atom. The van der Waals surface area contributed by atoms with Crippen LogP contribution in [0.1, 0.15) is 24.8 Å². The van der Waals surface area contributed by atoms with E-state index in [1.165, 1.54) is 4.88 Å². The molecule has 0 unspecified atom stereocenters. The van der Waals surface area contributed by atoms with Crippen LogP contribution in [0.25, 0.3) is 21.8 Å². The van der Waals surface area contributed by atoms with E-state index in [4.69, 9.17) is 5.73 Å². The van der Waals surface area contributed by atoms with Gasteiger partial charge < -0.3 is 10.3 Å². The van der Waals surface area contributed by atoms with E-state index in [1.54, 1.807) is 34.2 Å². The number of pyridine rings is 1. The second-order valence-electron chi connectivity index (χ2n) is 5.66. The fourth-order valence-corrected chi connectivity index (χ4v) is 3.25. The van der Waals surface area contributed by atoms with E-state index in [1.807, 2.05) is 39.1 Å². The van der Waals surface area contributed by atoms with Gasteiger partial charge >= 0.3 is 0 Å². The van der Waals surface area contributed by atoms with Crippen LogP contribution in [0, 0.1) is 6.92 Å². The number of aromatic nitrogens is 3. The molecule has 0 aliphatic rings. The Labute approximate surface area is 138 Å². The predicted molar refractivity (Wildman–Crippen MR) is 94.6 cm³/mol. The molecule has 2 N–H and O–H groups in total. The van der Waals surface area contributed by atoms with Crippen molar-refractivity contribution >= 4 is 17.2 Å². The Morgan fingerprint density at radius 3 is 2.61 bits per heavy atom. The minimum Gasteiger partial charge on any atom is -0.382 e. The third-order valence-electron chi connectivity index (χ3n) is 3.53. The van der Waals surface area contributed by atoms with E-state index < -0.39 is 0 Å². The molecule has 0 aromatic carbocycles. The van der Waals surface area contributed by atoms with Crippen LogP contribution in [-0.4, -0.2) is 14.5 Å². The van der Waals surface area contributed by atoms with Gasteiger partial charge in [0, 0.05) is 28.7 Å². The first-order valence-corrected chi connectivity index (χ1v) is 8.19. The Morgan fingerprint density at radius 2 is 1.96 bits per heavy atom. The lowest BCUT2D eigenvalue weighted by Crippen LogP contribution is -2.20. The molecule has 3 aromatic rings. The molecule has 3 heterocycles. The number of nitrogens with zero attached hydrogens (tertiary/aromatic N) is 3. The van der Waals surface area contributed by atoms with E-state index in [9.17, 15) is 4.79 Å². The molecule has 0 radical (unpaired) electrons. The zero-order valence-electron chi connectivity index (χ0n) is 13.3. The van der Waals surface area contributed by atoms with Crippen LogP contribution in [-0.2, 0) is 0 Å². The normalized spacial score (nSPS) is 11.1. The summed E-state index contributed by atoms with van der Waals surface area (Å²) in [5.74, 6) is 0.381. The number of nitrogens with two attached hydrogens (primary N) is 1. The number of nitrogen functional groups attached to an aromatic ring is 1. The Bertz CT molecular complexity index is 911. The molecule has 5 nitrogen and oxygen atoms in total. The molecule has 0 saturated carbocycles. The summed E-state index contributed by atoms with van der Waals surface area (Å²) < 4.78 is 1.69. The first-order valence-electron chi connectivity index (χ1n) is 7.37. The number of hydrogen-bond donors (Lipinski definition) is 1. The van der Waals surface area contributed by atoms with Gasteiger partial charge in [0.2, 0.25) is 0 Å². The summed E-state index contributed by atoms with van der Waals surface area (Å²) in [7, 11) is 0. The highest BCUT2D eigenvalue weighted by molar-refractivity contribution is 7.15. The highest BCUT2D eigenvalue weighted by Gasteiger charge is 2.14. The minimum absolute atomic E-state index is 0.0272. The second-order valence-corrected chi connectivity index (χ2v) is 6.95. The lowest BCUT2D eigenvalue weighted by atomic mass is 10.1. The number of anilines is 1. The third kappa shape index (κ3) is 3.03. The van der Waals surface area contributed by atoms with Crippen molar-refractivity contribution in [1.29, 1.82) is 0 Å². The molecule has 0 fully saturated rings. The van der Waals surface area contributed by atoms with Crippen LogP contribution in [0.5, 0.6) is 0 Å². The van der Waals surface area contributed by atoms with Crippen molar-refractivity contribution in [3.63, 3.8) is 0 Å². The fourth-order valence-electron chi connectivity index (χ4n) is 2.39. The Balaban J connectivity index is 2.21. The molecule has 0 saturated heterocycles. The molecular weight excluding hydrogens is 308 g/mol. The van der Waals surface area contributed by atoms with Crippen molar-refractivity contribution in [2.75, 3.05) is 5.73 Å². The van der Waals surface area contributed by atoms with Crippen molar-refractivity contribution in [1.82, 2.24) is 14.5 Å². The molecule has 0 spiro atoms. The van der Waals surface area contributed by atoms with Crippen molar-refractivity contribution in [3.05, 3.63) is 51.9 Å². The lowest BCUT2D eigenvalue weighted by molar-refractivity contribution is 0.579. The van der Waals surface area contributed by atoms with Crippen LogP contribution in [0.15, 0.2) is 41.5 Å². The fraction of sp³-hybridized carbons (Fsp3) is 0.235. The molecule has 23 heavy (non-hydrogen) atoms. The van der Waals surface area contributed by atoms with E-state index in [0.717, 1.165) is 21.8 Å². The SMILES string of the molecule is Cc1ccc(-c2nc(N)cnc2-c2ccc(=O)n(C(C)C)c2)s1. The van der Waals surface area contributed by atoms with Gasteiger partial charge in [-0.25, -0.2) is 4.98 Å². The first-order chi connectivity index (χ1) is 11.0. The summed E-state index contributed by atoms with van der Waals surface area (Å²) in [5.41, 5.74) is 8.13. The molecule has 0 bridgehead atoms. The zero-order valence-corrected chi connectivity index (χ0v) is 14.1. The van der Waals surface area contributed by atoms with Gasteiger partial charge in [-0.3, -0.25) is 9.78 Å². The van der Waals surface area contributed by atoms with Gasteiger partial charge in [-0.15, -0.1) is 11.3 Å². The van der Waals surface area contributed by atoms with Crippen molar-refractivity contribution in [2.45, 2.75) is 26.8 Å². The third-order valence-corrected chi connectivity index (χ3v) is 4.54. The van der Waals surface area contributed by atoms with Crippen LogP contribution in [0.2, 0.25) is 0 Å². The number of aryl methyl sites for hydroxylation is 1. The van der Waals surface area contributed by atoms with Gasteiger partial charge in [0.05, 0.1) is 16.8 Å². The number of rotatable bonds is 3. The summed E-state index contributed by atoms with van der Waals surface area (Å²) in [6, 6.07) is 7.49. The average Bonchev–Trinajstić information content (AvgIpc) is 2.94. The first kappa shape index (κ1) is 15.4. The zero-order chi connectivity index (χ0) is 16.6. The lowest BCUT2D eigenvalue weighted by Gasteiger charge is -2.13. The molecule has 0 atom stereocenters. The quantitative estimate of drug-likeness (QED) is 0.799. The molecule has 3 rings (SSSR count). The smallest absolute Gasteiger partial charge is 0.250 e. The van der Waals surface area contributed by atoms with Crippen LogP contribution in [0.4, 0.5) is 5.82 Å². The van der Waals surface area contributed by atoms with Gasteiger partial charge in [-0.1, -0.05) is 0 Å². The van der Waals surface area contributed by atoms with E-state index in [-0.39, 0.29) is 11.6 Å². The van der Waals surface area contributed by atoms with Gasteiger partial charge in [0.15, 0.2) is 0 Å². The molecule has 3 aromatic heterocycles. The number of thiophene rings is 1. The minimum atomic E-state index is -0.0272. The summed E-state index contributed by atoms with van der Waals surface area (Å²) in [6.45, 7) is 6.00. The van der Waals surface area contributed by atoms with E-state index >= 15 is 0 Å². The van der Waals surface area contributed by atoms with Gasteiger partial charge in [0.25, 0.3) is 5.56 Å². The maximum Gasteiger partial charge on any atom is 0.250 e. The van der Waals surface area contributed by atoms with Crippen LogP contribution < -0.4 is 11.3 Å². The maximum atomic E-state index is 12.0. The summed E-state index contributed by atoms with van der Waals surface area (Å²) in [6.07, 6.45) is 3.38. The van der Waals surface area contributed by atoms with Crippen molar-refractivity contribution in [3.8, 4) is 21.8 Å². The molecule has 0 aliphatic carbocycles. The Hall–Kier alpha value is -2.47. The van der Waals surface area contributed by atoms with E-state index in [0.29, 0.717) is 5.82 Å².